The SMILES string of the molecule is CNc1nccnc1C[C@@H]1CCCN(C(=O)Cc2ccsc2)C1. The molecule has 0 aromatic carbocycles. The number of piperidine rings is 1. The lowest BCUT2D eigenvalue weighted by molar-refractivity contribution is -0.132. The summed E-state index contributed by atoms with van der Waals surface area (Å²) in [6, 6.07) is 2.03. The minimum atomic E-state index is 0.237. The lowest BCUT2D eigenvalue weighted by Gasteiger charge is -2.33. The molecule has 1 saturated heterocycles. The van der Waals surface area contributed by atoms with E-state index in [2.05, 4.69) is 20.7 Å². The molecule has 3 rings (SSSR count). The van der Waals surface area contributed by atoms with Crippen molar-refractivity contribution >= 4 is 23.1 Å². The van der Waals surface area contributed by atoms with Gasteiger partial charge < -0.3 is 10.2 Å². The fourth-order valence-electron chi connectivity index (χ4n) is 3.14. The Balaban J connectivity index is 1.60. The van der Waals surface area contributed by atoms with Gasteiger partial charge in [-0.3, -0.25) is 9.78 Å². The van der Waals surface area contributed by atoms with Crippen LogP contribution in [0.15, 0.2) is 29.2 Å². The Morgan fingerprint density at radius 2 is 2.30 bits per heavy atom. The van der Waals surface area contributed by atoms with Crippen LogP contribution in [0.3, 0.4) is 0 Å². The molecule has 5 nitrogen and oxygen atoms in total. The molecular formula is C17H22N4OS. The molecule has 2 aromatic heterocycles. The van der Waals surface area contributed by atoms with Crippen molar-refractivity contribution in [1.82, 2.24) is 14.9 Å². The molecule has 2 aromatic rings. The summed E-state index contributed by atoms with van der Waals surface area (Å²) in [4.78, 5) is 23.3. The zero-order valence-corrected chi connectivity index (χ0v) is 14.2. The van der Waals surface area contributed by atoms with Crippen LogP contribution >= 0.6 is 11.3 Å². The number of carbonyl (C=O) groups is 1. The van der Waals surface area contributed by atoms with Crippen molar-refractivity contribution in [3.05, 3.63) is 40.5 Å². The second kappa shape index (κ2) is 7.55. The monoisotopic (exact) mass is 330 g/mol. The number of carbonyl (C=O) groups excluding carboxylic acids is 1. The molecule has 1 fully saturated rings. The van der Waals surface area contributed by atoms with Crippen LogP contribution in [0.1, 0.15) is 24.1 Å². The van der Waals surface area contributed by atoms with Crippen LogP contribution in [0.5, 0.6) is 0 Å². The number of hydrogen-bond acceptors (Lipinski definition) is 5. The van der Waals surface area contributed by atoms with E-state index in [-0.39, 0.29) is 5.91 Å². The van der Waals surface area contributed by atoms with Crippen LogP contribution in [-0.2, 0) is 17.6 Å². The van der Waals surface area contributed by atoms with Gasteiger partial charge in [0, 0.05) is 32.5 Å². The molecule has 122 valence electrons. The van der Waals surface area contributed by atoms with Crippen LogP contribution < -0.4 is 5.32 Å². The number of amides is 1. The highest BCUT2D eigenvalue weighted by molar-refractivity contribution is 7.07. The first-order valence-corrected chi connectivity index (χ1v) is 8.97. The summed E-state index contributed by atoms with van der Waals surface area (Å²) in [7, 11) is 1.87. The highest BCUT2D eigenvalue weighted by Crippen LogP contribution is 2.23. The quantitative estimate of drug-likeness (QED) is 0.915. The molecule has 23 heavy (non-hydrogen) atoms. The highest BCUT2D eigenvalue weighted by atomic mass is 32.1. The molecular weight excluding hydrogens is 308 g/mol. The predicted octanol–water partition coefficient (Wildman–Crippen LogP) is 2.60. The van der Waals surface area contributed by atoms with E-state index >= 15 is 0 Å². The van der Waals surface area contributed by atoms with Crippen molar-refractivity contribution in [3.8, 4) is 0 Å². The number of aromatic nitrogens is 2. The van der Waals surface area contributed by atoms with Gasteiger partial charge in [0.1, 0.15) is 5.82 Å². The van der Waals surface area contributed by atoms with Gasteiger partial charge in [-0.1, -0.05) is 0 Å². The summed E-state index contributed by atoms with van der Waals surface area (Å²) in [5.74, 6) is 1.54. The smallest absolute Gasteiger partial charge is 0.227 e. The van der Waals surface area contributed by atoms with Crippen LogP contribution in [0.25, 0.3) is 0 Å². The molecule has 0 saturated carbocycles. The van der Waals surface area contributed by atoms with Crippen molar-refractivity contribution in [2.24, 2.45) is 5.92 Å². The average molecular weight is 330 g/mol. The molecule has 0 aliphatic carbocycles. The van der Waals surface area contributed by atoms with Crippen molar-refractivity contribution in [2.45, 2.75) is 25.7 Å². The summed E-state index contributed by atoms with van der Waals surface area (Å²) >= 11 is 1.64. The largest absolute Gasteiger partial charge is 0.372 e. The minimum absolute atomic E-state index is 0.237. The second-order valence-corrected chi connectivity index (χ2v) is 6.74. The third-order valence-corrected chi connectivity index (χ3v) is 5.03. The van der Waals surface area contributed by atoms with Crippen molar-refractivity contribution < 1.29 is 4.79 Å². The third-order valence-electron chi connectivity index (χ3n) is 4.30. The second-order valence-electron chi connectivity index (χ2n) is 5.96. The number of hydrogen-bond donors (Lipinski definition) is 1. The van der Waals surface area contributed by atoms with Gasteiger partial charge in [0.05, 0.1) is 12.1 Å². The highest BCUT2D eigenvalue weighted by Gasteiger charge is 2.25. The number of nitrogens with one attached hydrogen (secondary N) is 1. The van der Waals surface area contributed by atoms with Gasteiger partial charge in [0.25, 0.3) is 0 Å². The molecule has 1 atom stereocenters. The van der Waals surface area contributed by atoms with Gasteiger partial charge in [0.2, 0.25) is 5.91 Å². The van der Waals surface area contributed by atoms with Crippen LogP contribution in [0, 0.1) is 5.92 Å². The number of rotatable bonds is 5. The molecule has 6 heteroatoms. The molecule has 0 unspecified atom stereocenters. The maximum absolute atomic E-state index is 12.5. The standard InChI is InChI=1S/C17H22N4OS/c1-18-17-15(19-5-6-20-17)9-13-3-2-7-21(11-13)16(22)10-14-4-8-23-12-14/h4-6,8,12-13H,2-3,7,9-11H2,1H3,(H,18,20)/t13-/m0/s1. The summed E-state index contributed by atoms with van der Waals surface area (Å²) in [6.07, 6.45) is 7.03. The summed E-state index contributed by atoms with van der Waals surface area (Å²) < 4.78 is 0. The normalized spacial score (nSPS) is 18.0. The summed E-state index contributed by atoms with van der Waals surface area (Å²) in [6.45, 7) is 1.70. The van der Waals surface area contributed by atoms with E-state index < -0.39 is 0 Å². The van der Waals surface area contributed by atoms with E-state index in [1.54, 1.807) is 23.7 Å². The van der Waals surface area contributed by atoms with E-state index in [1.807, 2.05) is 23.4 Å². The first kappa shape index (κ1) is 15.9. The molecule has 1 aliphatic rings. The van der Waals surface area contributed by atoms with Gasteiger partial charge in [-0.15, -0.1) is 0 Å². The molecule has 3 heterocycles. The molecule has 1 aliphatic heterocycles. The Kier molecular flexibility index (Phi) is 5.23. The Hall–Kier alpha value is -1.95. The zero-order valence-electron chi connectivity index (χ0n) is 13.4. The summed E-state index contributed by atoms with van der Waals surface area (Å²) in [5, 5.41) is 7.17. The molecule has 0 spiro atoms. The van der Waals surface area contributed by atoms with Crippen molar-refractivity contribution in [1.29, 1.82) is 0 Å². The Labute approximate surface area is 140 Å². The Morgan fingerprint density at radius 1 is 1.43 bits per heavy atom. The third kappa shape index (κ3) is 4.07. The topological polar surface area (TPSA) is 58.1 Å². The van der Waals surface area contributed by atoms with E-state index in [0.29, 0.717) is 12.3 Å². The average Bonchev–Trinajstić information content (AvgIpc) is 3.08. The Bertz CT molecular complexity index is 644. The first-order valence-electron chi connectivity index (χ1n) is 8.02. The van der Waals surface area contributed by atoms with Crippen molar-refractivity contribution in [3.63, 3.8) is 0 Å². The fourth-order valence-corrected chi connectivity index (χ4v) is 3.80. The van der Waals surface area contributed by atoms with Crippen molar-refractivity contribution in [2.75, 3.05) is 25.5 Å². The first-order chi connectivity index (χ1) is 11.3. The fraction of sp³-hybridized carbons (Fsp3) is 0.471. The van der Waals surface area contributed by atoms with Gasteiger partial charge in [-0.05, 0) is 47.6 Å². The van der Waals surface area contributed by atoms with Crippen LogP contribution in [0.2, 0.25) is 0 Å². The zero-order chi connectivity index (χ0) is 16.1. The van der Waals surface area contributed by atoms with Crippen LogP contribution in [-0.4, -0.2) is 40.9 Å². The number of anilines is 1. The maximum Gasteiger partial charge on any atom is 0.227 e. The van der Waals surface area contributed by atoms with E-state index in [0.717, 1.165) is 49.4 Å². The maximum atomic E-state index is 12.5. The lowest BCUT2D eigenvalue weighted by Crippen LogP contribution is -2.41. The van der Waals surface area contributed by atoms with Gasteiger partial charge >= 0.3 is 0 Å². The predicted molar refractivity (Wildman–Crippen MR) is 92.6 cm³/mol. The van der Waals surface area contributed by atoms with E-state index in [1.165, 1.54) is 0 Å². The van der Waals surface area contributed by atoms with Gasteiger partial charge in [0.15, 0.2) is 0 Å². The van der Waals surface area contributed by atoms with Crippen LogP contribution in [0.4, 0.5) is 5.82 Å². The summed E-state index contributed by atoms with van der Waals surface area (Å²) in [5.41, 5.74) is 2.11. The Morgan fingerprint density at radius 3 is 3.09 bits per heavy atom. The van der Waals surface area contributed by atoms with Gasteiger partial charge in [-0.2, -0.15) is 11.3 Å². The van der Waals surface area contributed by atoms with E-state index in [9.17, 15) is 4.79 Å². The minimum Gasteiger partial charge on any atom is -0.372 e. The van der Waals surface area contributed by atoms with Gasteiger partial charge in [-0.25, -0.2) is 4.98 Å². The lowest BCUT2D eigenvalue weighted by atomic mass is 9.93. The molecule has 0 radical (unpaired) electrons. The van der Waals surface area contributed by atoms with E-state index in [4.69, 9.17) is 0 Å². The molecule has 1 amide bonds. The number of likely N-dealkylation sites (tertiary alicyclic amines) is 1. The number of thiophene rings is 1. The molecule has 1 N–H and O–H groups in total. The number of nitrogens with zero attached hydrogens (tertiary/aromatic N) is 3. The molecule has 0 bridgehead atoms.